The van der Waals surface area contributed by atoms with Crippen molar-refractivity contribution in [3.05, 3.63) is 12.5 Å². The predicted molar refractivity (Wildman–Crippen MR) is 83.6 cm³/mol. The third kappa shape index (κ3) is 1.94. The number of hydrogen-bond donors (Lipinski definition) is 2. The van der Waals surface area contributed by atoms with Crippen molar-refractivity contribution in [1.29, 1.82) is 0 Å². The number of aliphatic hydroxyl groups excluding tert-OH is 1. The van der Waals surface area contributed by atoms with Gasteiger partial charge in [-0.1, -0.05) is 26.2 Å². The second kappa shape index (κ2) is 4.60. The summed E-state index contributed by atoms with van der Waals surface area (Å²) in [6, 6.07) is 0. The van der Waals surface area contributed by atoms with Crippen LogP contribution in [0.5, 0.6) is 0 Å². The van der Waals surface area contributed by atoms with Gasteiger partial charge in [-0.25, -0.2) is 9.98 Å². The first kappa shape index (κ1) is 12.9. The molecule has 2 aliphatic carbocycles. The monoisotopic (exact) mass is 293 g/mol. The minimum absolute atomic E-state index is 0.239. The lowest BCUT2D eigenvalue weighted by atomic mass is 9.90. The van der Waals surface area contributed by atoms with E-state index in [1.807, 2.05) is 12.5 Å². The van der Waals surface area contributed by atoms with Gasteiger partial charge < -0.3 is 5.11 Å². The molecule has 0 saturated heterocycles. The van der Waals surface area contributed by atoms with E-state index in [0.717, 1.165) is 5.82 Å². The van der Waals surface area contributed by atoms with Crippen LogP contribution in [0.4, 0.5) is 5.82 Å². The number of nitrogens with zero attached hydrogens (tertiary/aromatic N) is 3. The molecule has 1 aromatic heterocycles. The molecule has 110 valence electrons. The first-order valence-electron chi connectivity index (χ1n) is 7.78. The van der Waals surface area contributed by atoms with Crippen LogP contribution >= 0.6 is 11.1 Å². The molecule has 1 aliphatic heterocycles. The van der Waals surface area contributed by atoms with E-state index in [9.17, 15) is 5.11 Å². The standard InChI is InChI=1S/C15H23N3OS/c1-15(7-8-15)14-17-12-9-16-10-18(12)20(14)13(19)11-5-3-2-4-6-11/h9-11,13,19-20H,2-8H2,1H3. The third-order valence-corrected chi connectivity index (χ3v) is 7.90. The van der Waals surface area contributed by atoms with Gasteiger partial charge in [0.15, 0.2) is 5.82 Å². The topological polar surface area (TPSA) is 50.4 Å². The van der Waals surface area contributed by atoms with Crippen LogP contribution in [0.25, 0.3) is 0 Å². The van der Waals surface area contributed by atoms with Crippen LogP contribution in [-0.4, -0.2) is 24.5 Å². The van der Waals surface area contributed by atoms with E-state index in [-0.39, 0.29) is 10.9 Å². The summed E-state index contributed by atoms with van der Waals surface area (Å²) >= 11 is -0.737. The van der Waals surface area contributed by atoms with Gasteiger partial charge in [0.05, 0.1) is 11.2 Å². The van der Waals surface area contributed by atoms with E-state index in [1.165, 1.54) is 50.0 Å². The molecule has 3 aliphatic rings. The van der Waals surface area contributed by atoms with Crippen molar-refractivity contribution < 1.29 is 5.11 Å². The number of aliphatic hydroxyl groups is 1. The number of aromatic nitrogens is 2. The van der Waals surface area contributed by atoms with Crippen LogP contribution in [0, 0.1) is 11.3 Å². The number of aliphatic imine (C=N–C) groups is 1. The van der Waals surface area contributed by atoms with Crippen LogP contribution < -0.4 is 0 Å². The molecule has 1 N–H and O–H groups in total. The van der Waals surface area contributed by atoms with E-state index in [2.05, 4.69) is 15.9 Å². The molecule has 4 rings (SSSR count). The van der Waals surface area contributed by atoms with E-state index in [0.29, 0.717) is 5.92 Å². The Morgan fingerprint density at radius 3 is 2.80 bits per heavy atom. The molecule has 1 aromatic rings. The number of imidazole rings is 1. The lowest BCUT2D eigenvalue weighted by Gasteiger charge is -2.35. The highest BCUT2D eigenvalue weighted by atomic mass is 32.2. The summed E-state index contributed by atoms with van der Waals surface area (Å²) in [5, 5.41) is 12.3. The summed E-state index contributed by atoms with van der Waals surface area (Å²) in [6.45, 7) is 2.30. The molecule has 0 bridgehead atoms. The van der Waals surface area contributed by atoms with Crippen LogP contribution in [0.1, 0.15) is 51.9 Å². The van der Waals surface area contributed by atoms with E-state index in [4.69, 9.17) is 4.99 Å². The van der Waals surface area contributed by atoms with Gasteiger partial charge in [0, 0.05) is 5.41 Å². The fraction of sp³-hybridized carbons (Fsp3) is 0.733. The third-order valence-electron chi connectivity index (χ3n) is 5.13. The quantitative estimate of drug-likeness (QED) is 0.839. The average molecular weight is 293 g/mol. The molecule has 2 unspecified atom stereocenters. The molecule has 5 heteroatoms. The molecule has 0 amide bonds. The minimum atomic E-state index is -0.737. The van der Waals surface area contributed by atoms with Gasteiger partial charge in [0.25, 0.3) is 0 Å². The Kier molecular flexibility index (Phi) is 2.96. The Morgan fingerprint density at radius 1 is 1.35 bits per heavy atom. The average Bonchev–Trinajstić information content (AvgIpc) is 2.90. The van der Waals surface area contributed by atoms with E-state index < -0.39 is 11.1 Å². The summed E-state index contributed by atoms with van der Waals surface area (Å²) in [7, 11) is 0. The SMILES string of the molecule is CC1(C2=Nc3cncn3[SH]2C(O)C2CCCCC2)CC1. The van der Waals surface area contributed by atoms with Crippen molar-refractivity contribution in [2.24, 2.45) is 16.3 Å². The Labute approximate surface area is 122 Å². The molecule has 2 heterocycles. The van der Waals surface area contributed by atoms with Crippen LogP contribution in [0.3, 0.4) is 0 Å². The van der Waals surface area contributed by atoms with Crippen molar-refractivity contribution >= 4 is 21.9 Å². The van der Waals surface area contributed by atoms with Gasteiger partial charge in [-0.15, -0.1) is 11.1 Å². The molecule has 2 saturated carbocycles. The summed E-state index contributed by atoms with van der Waals surface area (Å²) in [5.74, 6) is 1.41. The number of hydrogen-bond acceptors (Lipinski definition) is 3. The zero-order chi connectivity index (χ0) is 13.7. The molecule has 2 atom stereocenters. The highest BCUT2D eigenvalue weighted by molar-refractivity contribution is 8.29. The summed E-state index contributed by atoms with van der Waals surface area (Å²) in [6.07, 6.45) is 12.4. The molecular weight excluding hydrogens is 270 g/mol. The van der Waals surface area contributed by atoms with Gasteiger partial charge in [0.1, 0.15) is 11.8 Å². The van der Waals surface area contributed by atoms with Gasteiger partial charge in [-0.05, 0) is 31.6 Å². The Hall–Kier alpha value is -0.810. The number of rotatable bonds is 3. The molecule has 4 nitrogen and oxygen atoms in total. The van der Waals surface area contributed by atoms with Crippen molar-refractivity contribution in [2.45, 2.75) is 57.3 Å². The molecule has 0 aromatic carbocycles. The van der Waals surface area contributed by atoms with Crippen LogP contribution in [0.15, 0.2) is 17.5 Å². The summed E-state index contributed by atoms with van der Waals surface area (Å²) in [5.41, 5.74) is 0.0114. The van der Waals surface area contributed by atoms with Crippen LogP contribution in [0.2, 0.25) is 0 Å². The smallest absolute Gasteiger partial charge is 0.162 e. The number of thiol groups is 1. The van der Waals surface area contributed by atoms with Crippen molar-refractivity contribution in [3.8, 4) is 0 Å². The largest absolute Gasteiger partial charge is 0.382 e. The van der Waals surface area contributed by atoms with Crippen molar-refractivity contribution in [1.82, 2.24) is 8.96 Å². The number of fused-ring (bicyclic) bond motifs is 1. The minimum Gasteiger partial charge on any atom is -0.382 e. The zero-order valence-corrected chi connectivity index (χ0v) is 12.9. The summed E-state index contributed by atoms with van der Waals surface area (Å²) < 4.78 is 2.16. The fourth-order valence-electron chi connectivity index (χ4n) is 3.50. The maximum Gasteiger partial charge on any atom is 0.162 e. The normalized spacial score (nSPS) is 31.7. The molecule has 2 fully saturated rings. The molecule has 0 spiro atoms. The van der Waals surface area contributed by atoms with Crippen molar-refractivity contribution in [3.63, 3.8) is 0 Å². The Balaban J connectivity index is 1.65. The first-order chi connectivity index (χ1) is 9.69. The lowest BCUT2D eigenvalue weighted by molar-refractivity contribution is 0.158. The highest BCUT2D eigenvalue weighted by Gasteiger charge is 2.49. The Morgan fingerprint density at radius 2 is 2.10 bits per heavy atom. The highest BCUT2D eigenvalue weighted by Crippen LogP contribution is 2.60. The molecular formula is C15H23N3OS. The van der Waals surface area contributed by atoms with Gasteiger partial charge in [0.2, 0.25) is 0 Å². The second-order valence-electron chi connectivity index (χ2n) is 6.75. The first-order valence-corrected chi connectivity index (χ1v) is 9.14. The van der Waals surface area contributed by atoms with Crippen molar-refractivity contribution in [2.75, 3.05) is 0 Å². The van der Waals surface area contributed by atoms with Crippen LogP contribution in [-0.2, 0) is 0 Å². The van der Waals surface area contributed by atoms with E-state index in [1.54, 1.807) is 0 Å². The molecule has 0 radical (unpaired) electrons. The predicted octanol–water partition coefficient (Wildman–Crippen LogP) is 3.39. The van der Waals surface area contributed by atoms with E-state index >= 15 is 0 Å². The zero-order valence-electron chi connectivity index (χ0n) is 12.0. The van der Waals surface area contributed by atoms with Gasteiger partial charge in [-0.3, -0.25) is 3.97 Å². The maximum absolute atomic E-state index is 11.0. The van der Waals surface area contributed by atoms with Gasteiger partial charge in [-0.2, -0.15) is 0 Å². The molecule has 20 heavy (non-hydrogen) atoms. The maximum atomic E-state index is 11.0. The lowest BCUT2D eigenvalue weighted by Crippen LogP contribution is -2.29. The summed E-state index contributed by atoms with van der Waals surface area (Å²) in [4.78, 5) is 9.05. The second-order valence-corrected chi connectivity index (χ2v) is 8.82. The fourth-order valence-corrected chi connectivity index (χ4v) is 6.37. The van der Waals surface area contributed by atoms with Gasteiger partial charge >= 0.3 is 0 Å². The Bertz CT molecular complexity index is 543.